The number of piperazine rings is 1. The highest BCUT2D eigenvalue weighted by Gasteiger charge is 2.26. The van der Waals surface area contributed by atoms with Gasteiger partial charge in [-0.15, -0.1) is 0 Å². The minimum absolute atomic E-state index is 0.274. The number of fused-ring (bicyclic) bond motifs is 1. The van der Waals surface area contributed by atoms with Gasteiger partial charge in [0.05, 0.1) is 11.9 Å². The van der Waals surface area contributed by atoms with E-state index < -0.39 is 15.8 Å². The third kappa shape index (κ3) is 6.03. The Labute approximate surface area is 221 Å². The molecular formula is C24H30ClFN8O2S. The summed E-state index contributed by atoms with van der Waals surface area (Å²) >= 11 is 5.94. The van der Waals surface area contributed by atoms with Crippen molar-refractivity contribution in [2.75, 3.05) is 56.7 Å². The quantitative estimate of drug-likeness (QED) is 0.432. The van der Waals surface area contributed by atoms with Gasteiger partial charge in [0.1, 0.15) is 23.3 Å². The summed E-state index contributed by atoms with van der Waals surface area (Å²) in [7, 11) is 0.466. The summed E-state index contributed by atoms with van der Waals surface area (Å²) in [5.74, 6) is 1.34. The number of rotatable bonds is 8. The molecule has 1 aromatic carbocycles. The Morgan fingerprint density at radius 3 is 2.57 bits per heavy atom. The van der Waals surface area contributed by atoms with Crippen molar-refractivity contribution < 1.29 is 12.8 Å². The number of hydrogen-bond acceptors (Lipinski definition) is 8. The maximum Gasteiger partial charge on any atom is 0.211 e. The van der Waals surface area contributed by atoms with Crippen molar-refractivity contribution in [2.45, 2.75) is 13.3 Å². The molecule has 198 valence electrons. The second kappa shape index (κ2) is 10.6. The monoisotopic (exact) mass is 548 g/mol. The molecule has 3 aromatic rings. The Morgan fingerprint density at radius 2 is 1.97 bits per heavy atom. The summed E-state index contributed by atoms with van der Waals surface area (Å²) in [6.45, 7) is 7.16. The highest BCUT2D eigenvalue weighted by molar-refractivity contribution is 7.88. The second-order valence-corrected chi connectivity index (χ2v) is 11.5. The topological polar surface area (TPSA) is 98.4 Å². The van der Waals surface area contributed by atoms with E-state index in [1.807, 2.05) is 32.0 Å². The van der Waals surface area contributed by atoms with Crippen molar-refractivity contribution in [3.63, 3.8) is 0 Å². The fourth-order valence-corrected chi connectivity index (χ4v) is 5.23. The number of anilines is 2. The Balaban J connectivity index is 1.80. The molecule has 0 atom stereocenters. The largest absolute Gasteiger partial charge is 0.381 e. The summed E-state index contributed by atoms with van der Waals surface area (Å²) < 4.78 is 41.9. The summed E-state index contributed by atoms with van der Waals surface area (Å²) in [4.78, 5) is 12.7. The minimum atomic E-state index is -3.27. The number of benzene rings is 1. The van der Waals surface area contributed by atoms with Crippen LogP contribution in [0.1, 0.15) is 16.8 Å². The molecule has 10 nitrogen and oxygen atoms in total. The molecule has 1 N–H and O–H groups in total. The molecule has 13 heteroatoms. The number of halogens is 2. The molecule has 0 unspecified atom stereocenters. The van der Waals surface area contributed by atoms with E-state index in [2.05, 4.69) is 21.9 Å². The number of aryl methyl sites for hydroxylation is 1. The summed E-state index contributed by atoms with van der Waals surface area (Å²) in [6, 6.07) is 6.45. The highest BCUT2D eigenvalue weighted by atomic mass is 35.5. The lowest BCUT2D eigenvalue weighted by Crippen LogP contribution is -2.48. The van der Waals surface area contributed by atoms with E-state index in [0.29, 0.717) is 59.7 Å². The molecule has 4 rings (SSSR count). The van der Waals surface area contributed by atoms with Crippen LogP contribution in [0, 0.1) is 12.7 Å². The molecule has 0 aliphatic carbocycles. The van der Waals surface area contributed by atoms with Crippen LogP contribution in [0.3, 0.4) is 0 Å². The minimum Gasteiger partial charge on any atom is -0.381 e. The van der Waals surface area contributed by atoms with Crippen LogP contribution in [0.15, 0.2) is 41.3 Å². The molecule has 0 radical (unpaired) electrons. The van der Waals surface area contributed by atoms with Gasteiger partial charge in [-0.25, -0.2) is 22.8 Å². The lowest BCUT2D eigenvalue weighted by molar-refractivity contribution is 0.386. The molecule has 1 saturated heterocycles. The molecule has 1 fully saturated rings. The van der Waals surface area contributed by atoms with Crippen molar-refractivity contribution in [1.82, 2.24) is 23.8 Å². The zero-order valence-electron chi connectivity index (χ0n) is 21.2. The van der Waals surface area contributed by atoms with E-state index in [1.165, 1.54) is 16.6 Å². The molecule has 0 spiro atoms. The molecule has 2 aromatic heterocycles. The first-order valence-corrected chi connectivity index (χ1v) is 13.8. The molecule has 37 heavy (non-hydrogen) atoms. The first kappa shape index (κ1) is 26.8. The highest BCUT2D eigenvalue weighted by Crippen LogP contribution is 2.28. The average Bonchev–Trinajstić information content (AvgIpc) is 3.14. The van der Waals surface area contributed by atoms with E-state index in [4.69, 9.17) is 21.7 Å². The molecule has 0 amide bonds. The molecule has 0 saturated carbocycles. The maximum absolute atomic E-state index is 14.7. The summed E-state index contributed by atoms with van der Waals surface area (Å²) in [6.07, 6.45) is 3.26. The van der Waals surface area contributed by atoms with E-state index in [1.54, 1.807) is 22.8 Å². The van der Waals surface area contributed by atoms with Crippen molar-refractivity contribution in [2.24, 2.45) is 4.99 Å². The second-order valence-electron chi connectivity index (χ2n) is 9.12. The smallest absolute Gasteiger partial charge is 0.211 e. The lowest BCUT2D eigenvalue weighted by Gasteiger charge is -2.34. The van der Waals surface area contributed by atoms with Crippen molar-refractivity contribution in [3.8, 4) is 0 Å². The fraction of sp³-hybridized carbons (Fsp3) is 0.375. The van der Waals surface area contributed by atoms with Gasteiger partial charge in [0.2, 0.25) is 10.0 Å². The predicted octanol–water partition coefficient (Wildman–Crippen LogP) is 2.98. The van der Waals surface area contributed by atoms with E-state index in [-0.39, 0.29) is 6.42 Å². The first-order chi connectivity index (χ1) is 17.5. The van der Waals surface area contributed by atoms with Crippen LogP contribution >= 0.6 is 11.6 Å². The average molecular weight is 549 g/mol. The summed E-state index contributed by atoms with van der Waals surface area (Å²) in [5, 5.41) is 8.26. The van der Waals surface area contributed by atoms with Gasteiger partial charge in [0.15, 0.2) is 5.65 Å². The third-order valence-electron chi connectivity index (χ3n) is 6.09. The molecular weight excluding hydrogens is 519 g/mol. The lowest BCUT2D eigenvalue weighted by atomic mass is 10.0. The molecule has 0 bridgehead atoms. The van der Waals surface area contributed by atoms with Gasteiger partial charge in [-0.1, -0.05) is 17.7 Å². The standard InChI is InChI=1S/C24H30ClFN8O2S/c1-16-19(12-17-6-7-18(25)13-20(17)26)24-29-21(28-22(27-2)15-31(3)4)14-23(34(24)30-16)32-8-10-33(11-9-32)37(5,35)36/h6-7,13-15H,2,8-12H2,1,3-5H3,(H,28,29)/b22-15+. The number of sulfonamides is 1. The van der Waals surface area contributed by atoms with Crippen LogP contribution < -0.4 is 10.2 Å². The summed E-state index contributed by atoms with van der Waals surface area (Å²) in [5.41, 5.74) is 2.52. The van der Waals surface area contributed by atoms with Gasteiger partial charge in [-0.2, -0.15) is 13.9 Å². The van der Waals surface area contributed by atoms with Crippen LogP contribution in [0.2, 0.25) is 5.02 Å². The SMILES string of the molecule is C=N/C(=C\N(C)C)Nc1cc(N2CCN(S(C)(=O)=O)CC2)n2nc(C)c(Cc3ccc(Cl)cc3F)c2n1. The molecule has 3 heterocycles. The van der Waals surface area contributed by atoms with Crippen LogP contribution in [0.5, 0.6) is 0 Å². The Bertz CT molecular complexity index is 1460. The van der Waals surface area contributed by atoms with Gasteiger partial charge in [0.25, 0.3) is 0 Å². The number of hydrogen-bond donors (Lipinski definition) is 1. The van der Waals surface area contributed by atoms with Crippen molar-refractivity contribution >= 4 is 45.6 Å². The number of nitrogens with zero attached hydrogens (tertiary/aromatic N) is 7. The predicted molar refractivity (Wildman–Crippen MR) is 146 cm³/mol. The zero-order valence-corrected chi connectivity index (χ0v) is 22.8. The third-order valence-corrected chi connectivity index (χ3v) is 7.63. The van der Waals surface area contributed by atoms with E-state index in [0.717, 1.165) is 11.4 Å². The van der Waals surface area contributed by atoms with Gasteiger partial charge in [-0.3, -0.25) is 0 Å². The first-order valence-electron chi connectivity index (χ1n) is 11.6. The Hall–Kier alpha value is -3.22. The van der Waals surface area contributed by atoms with Gasteiger partial charge >= 0.3 is 0 Å². The molecule has 1 aliphatic rings. The fourth-order valence-electron chi connectivity index (χ4n) is 4.24. The van der Waals surface area contributed by atoms with Gasteiger partial charge < -0.3 is 15.1 Å². The number of aliphatic imine (C=N–C) groups is 1. The van der Waals surface area contributed by atoms with E-state index >= 15 is 0 Å². The Kier molecular flexibility index (Phi) is 7.72. The molecule has 1 aliphatic heterocycles. The Morgan fingerprint density at radius 1 is 1.27 bits per heavy atom. The van der Waals surface area contributed by atoms with Crippen LogP contribution in [-0.4, -0.2) is 85.5 Å². The normalized spacial score (nSPS) is 15.3. The maximum atomic E-state index is 14.7. The van der Waals surface area contributed by atoms with Gasteiger partial charge in [-0.05, 0) is 31.3 Å². The van der Waals surface area contributed by atoms with Crippen LogP contribution in [-0.2, 0) is 16.4 Å². The van der Waals surface area contributed by atoms with Crippen LogP contribution in [0.25, 0.3) is 5.65 Å². The number of nitrogens with one attached hydrogen (secondary N) is 1. The van der Waals surface area contributed by atoms with Gasteiger partial charge in [0, 0.05) is 69.5 Å². The van der Waals surface area contributed by atoms with Crippen molar-refractivity contribution in [1.29, 1.82) is 0 Å². The van der Waals surface area contributed by atoms with E-state index in [9.17, 15) is 12.8 Å². The zero-order chi connectivity index (χ0) is 26.9. The van der Waals surface area contributed by atoms with Crippen molar-refractivity contribution in [3.05, 3.63) is 63.9 Å². The van der Waals surface area contributed by atoms with Crippen LogP contribution in [0.4, 0.5) is 16.0 Å². The number of aromatic nitrogens is 3.